The van der Waals surface area contributed by atoms with Crippen LogP contribution in [0.5, 0.6) is 0 Å². The number of aromatic nitrogens is 2. The molecule has 6 heteroatoms. The Morgan fingerprint density at radius 1 is 1.06 bits per heavy atom. The van der Waals surface area contributed by atoms with Crippen LogP contribution >= 0.6 is 0 Å². The fraction of sp³-hybridized carbons (Fsp3) is 0.154. The number of fused-ring (bicyclic) bond motifs is 1. The SMILES string of the molecule is O=C(NCc1cccnn1)c1ccc(-c2ccc3c(c2)CCN3C(=O)/C=C2/C=CC2)cc1. The zero-order valence-corrected chi connectivity index (χ0v) is 17.5. The summed E-state index contributed by atoms with van der Waals surface area (Å²) in [6.45, 7) is 1.04. The standard InChI is InChI=1S/C26H22N4O2/c31-25(15-18-3-1-4-18)30-14-12-22-16-21(10-11-24(22)30)19-6-8-20(9-7-19)26(32)27-17-23-5-2-13-28-29-23/h1-3,5-11,13,15-16H,4,12,14,17H2,(H,27,32)/b18-15-. The Balaban J connectivity index is 1.27. The normalized spacial score (nSPS) is 15.4. The molecule has 0 fully saturated rings. The first-order valence-electron chi connectivity index (χ1n) is 10.6. The number of nitrogens with zero attached hydrogens (tertiary/aromatic N) is 3. The summed E-state index contributed by atoms with van der Waals surface area (Å²) in [6, 6.07) is 17.3. The average molecular weight is 422 g/mol. The molecule has 2 aliphatic rings. The van der Waals surface area contributed by atoms with Gasteiger partial charge in [-0.1, -0.05) is 30.4 Å². The van der Waals surface area contributed by atoms with Crippen molar-refractivity contribution in [1.29, 1.82) is 0 Å². The van der Waals surface area contributed by atoms with E-state index in [4.69, 9.17) is 0 Å². The Bertz CT molecular complexity index is 1230. The highest BCUT2D eigenvalue weighted by atomic mass is 16.2. The van der Waals surface area contributed by atoms with Gasteiger partial charge < -0.3 is 10.2 Å². The molecule has 1 aromatic heterocycles. The molecule has 6 nitrogen and oxygen atoms in total. The molecule has 0 spiro atoms. The van der Waals surface area contributed by atoms with Gasteiger partial charge in [0.25, 0.3) is 11.8 Å². The largest absolute Gasteiger partial charge is 0.346 e. The second kappa shape index (κ2) is 8.59. The Labute approximate surface area is 186 Å². The predicted molar refractivity (Wildman–Crippen MR) is 123 cm³/mol. The van der Waals surface area contributed by atoms with Crippen molar-refractivity contribution in [2.24, 2.45) is 0 Å². The predicted octanol–water partition coefficient (Wildman–Crippen LogP) is 3.85. The van der Waals surface area contributed by atoms with Crippen molar-refractivity contribution in [1.82, 2.24) is 15.5 Å². The van der Waals surface area contributed by atoms with E-state index in [1.54, 1.807) is 18.3 Å². The molecule has 2 aromatic carbocycles. The third kappa shape index (κ3) is 4.07. The molecule has 2 amide bonds. The maximum Gasteiger partial charge on any atom is 0.251 e. The van der Waals surface area contributed by atoms with Gasteiger partial charge in [-0.25, -0.2) is 0 Å². The van der Waals surface area contributed by atoms with Crippen LogP contribution in [-0.4, -0.2) is 28.6 Å². The molecule has 0 unspecified atom stereocenters. The van der Waals surface area contributed by atoms with E-state index in [0.717, 1.165) is 35.2 Å². The van der Waals surface area contributed by atoms with E-state index in [2.05, 4.69) is 27.7 Å². The highest BCUT2D eigenvalue weighted by molar-refractivity contribution is 6.04. The first-order chi connectivity index (χ1) is 15.7. The highest BCUT2D eigenvalue weighted by Crippen LogP contribution is 2.33. The summed E-state index contributed by atoms with van der Waals surface area (Å²) < 4.78 is 0. The first-order valence-corrected chi connectivity index (χ1v) is 10.6. The summed E-state index contributed by atoms with van der Waals surface area (Å²) in [5, 5.41) is 10.6. The molecule has 0 bridgehead atoms. The Morgan fingerprint density at radius 3 is 2.59 bits per heavy atom. The second-order valence-electron chi connectivity index (χ2n) is 7.88. The Kier molecular flexibility index (Phi) is 5.34. The van der Waals surface area contributed by atoms with Crippen molar-refractivity contribution in [2.45, 2.75) is 19.4 Å². The van der Waals surface area contributed by atoms with Gasteiger partial charge in [0.15, 0.2) is 0 Å². The van der Waals surface area contributed by atoms with Crippen LogP contribution in [0, 0.1) is 0 Å². The van der Waals surface area contributed by atoms with E-state index in [9.17, 15) is 9.59 Å². The number of hydrogen-bond acceptors (Lipinski definition) is 4. The van der Waals surface area contributed by atoms with Crippen molar-refractivity contribution in [2.75, 3.05) is 11.4 Å². The summed E-state index contributed by atoms with van der Waals surface area (Å²) in [5.74, 6) is -0.103. The van der Waals surface area contributed by atoms with Gasteiger partial charge in [0, 0.05) is 30.1 Å². The summed E-state index contributed by atoms with van der Waals surface area (Å²) >= 11 is 0. The maximum atomic E-state index is 12.6. The molecule has 1 aliphatic carbocycles. The third-order valence-electron chi connectivity index (χ3n) is 5.77. The lowest BCUT2D eigenvalue weighted by molar-refractivity contribution is -0.114. The van der Waals surface area contributed by atoms with Gasteiger partial charge in [0.1, 0.15) is 0 Å². The van der Waals surface area contributed by atoms with Crippen molar-refractivity contribution < 1.29 is 9.59 Å². The van der Waals surface area contributed by atoms with Crippen LogP contribution in [0.2, 0.25) is 0 Å². The molecular weight excluding hydrogens is 400 g/mol. The lowest BCUT2D eigenvalue weighted by Crippen LogP contribution is -2.27. The van der Waals surface area contributed by atoms with Gasteiger partial charge in [-0.05, 0) is 71.5 Å². The molecule has 0 atom stereocenters. The van der Waals surface area contributed by atoms with Crippen LogP contribution < -0.4 is 10.2 Å². The fourth-order valence-electron chi connectivity index (χ4n) is 3.92. The number of carbonyl (C=O) groups excluding carboxylic acids is 2. The van der Waals surface area contributed by atoms with E-state index in [-0.39, 0.29) is 11.8 Å². The van der Waals surface area contributed by atoms with Gasteiger partial charge in [-0.2, -0.15) is 10.2 Å². The smallest absolute Gasteiger partial charge is 0.251 e. The fourth-order valence-corrected chi connectivity index (χ4v) is 3.92. The number of rotatable bonds is 5. The Morgan fingerprint density at radius 2 is 1.88 bits per heavy atom. The highest BCUT2D eigenvalue weighted by Gasteiger charge is 2.24. The second-order valence-corrected chi connectivity index (χ2v) is 7.88. The molecule has 0 saturated heterocycles. The minimum atomic E-state index is -0.152. The molecule has 5 rings (SSSR count). The number of amides is 2. The van der Waals surface area contributed by atoms with Crippen molar-refractivity contribution in [3.8, 4) is 11.1 Å². The minimum Gasteiger partial charge on any atom is -0.346 e. The molecule has 3 aromatic rings. The molecular formula is C26H22N4O2. The van der Waals surface area contributed by atoms with Crippen LogP contribution in [0.3, 0.4) is 0 Å². The van der Waals surface area contributed by atoms with E-state index in [1.807, 2.05) is 53.4 Å². The van der Waals surface area contributed by atoms with Crippen LogP contribution in [0.15, 0.2) is 84.6 Å². The molecule has 0 saturated carbocycles. The van der Waals surface area contributed by atoms with Gasteiger partial charge >= 0.3 is 0 Å². The molecule has 2 heterocycles. The topological polar surface area (TPSA) is 75.2 Å². The van der Waals surface area contributed by atoms with Crippen LogP contribution in [0.4, 0.5) is 5.69 Å². The van der Waals surface area contributed by atoms with Crippen molar-refractivity contribution in [3.63, 3.8) is 0 Å². The summed E-state index contributed by atoms with van der Waals surface area (Å²) in [4.78, 5) is 26.8. The summed E-state index contributed by atoms with van der Waals surface area (Å²) in [5.41, 5.74) is 6.65. The maximum absolute atomic E-state index is 12.6. The molecule has 158 valence electrons. The van der Waals surface area contributed by atoms with E-state index in [0.29, 0.717) is 24.3 Å². The van der Waals surface area contributed by atoms with Gasteiger partial charge in [-0.15, -0.1) is 0 Å². The number of anilines is 1. The monoisotopic (exact) mass is 422 g/mol. The molecule has 1 aliphatic heterocycles. The zero-order chi connectivity index (χ0) is 21.9. The third-order valence-corrected chi connectivity index (χ3v) is 5.77. The lowest BCUT2D eigenvalue weighted by atomic mass is 10.0. The summed E-state index contributed by atoms with van der Waals surface area (Å²) in [7, 11) is 0. The zero-order valence-electron chi connectivity index (χ0n) is 17.5. The number of allylic oxidation sites excluding steroid dienone is 3. The number of benzene rings is 2. The van der Waals surface area contributed by atoms with Gasteiger partial charge in [-0.3, -0.25) is 9.59 Å². The number of hydrogen-bond donors (Lipinski definition) is 1. The number of carbonyl (C=O) groups is 2. The van der Waals surface area contributed by atoms with Crippen LogP contribution in [0.25, 0.3) is 11.1 Å². The lowest BCUT2D eigenvalue weighted by Gasteiger charge is -2.17. The quantitative estimate of drug-likeness (QED) is 0.634. The number of nitrogens with one attached hydrogen (secondary N) is 1. The van der Waals surface area contributed by atoms with E-state index < -0.39 is 0 Å². The molecule has 1 N–H and O–H groups in total. The minimum absolute atomic E-state index is 0.0488. The van der Waals surface area contributed by atoms with Crippen molar-refractivity contribution in [3.05, 3.63) is 101 Å². The Hall–Kier alpha value is -4.06. The van der Waals surface area contributed by atoms with Crippen LogP contribution in [0.1, 0.15) is 28.0 Å². The van der Waals surface area contributed by atoms with Crippen LogP contribution in [-0.2, 0) is 17.8 Å². The van der Waals surface area contributed by atoms with Crippen molar-refractivity contribution >= 4 is 17.5 Å². The molecule has 32 heavy (non-hydrogen) atoms. The van der Waals surface area contributed by atoms with E-state index >= 15 is 0 Å². The summed E-state index contributed by atoms with van der Waals surface area (Å²) in [6.07, 6.45) is 9.09. The average Bonchev–Trinajstić information content (AvgIpc) is 3.24. The van der Waals surface area contributed by atoms with Gasteiger partial charge in [0.05, 0.1) is 12.2 Å². The molecule has 0 radical (unpaired) electrons. The van der Waals surface area contributed by atoms with E-state index in [1.165, 1.54) is 5.56 Å². The van der Waals surface area contributed by atoms with Gasteiger partial charge in [0.2, 0.25) is 0 Å². The first kappa shape index (κ1) is 19.9.